The molecule has 1 aromatic heterocycles. The minimum atomic E-state index is 0.198. The van der Waals surface area contributed by atoms with Gasteiger partial charge in [-0.2, -0.15) is 5.10 Å². The number of aryl methyl sites for hydroxylation is 1. The van der Waals surface area contributed by atoms with Crippen LogP contribution in [0.1, 0.15) is 17.5 Å². The summed E-state index contributed by atoms with van der Waals surface area (Å²) in [5.74, 6) is 1.61. The Morgan fingerprint density at radius 3 is 2.41 bits per heavy atom. The van der Waals surface area contributed by atoms with Crippen molar-refractivity contribution in [3.8, 4) is 11.5 Å². The fourth-order valence-corrected chi connectivity index (χ4v) is 3.74. The fraction of sp³-hybridized carbons (Fsp3) is 0.550. The molecule has 0 radical (unpaired) electrons. The highest BCUT2D eigenvalue weighted by molar-refractivity contribution is 5.38. The summed E-state index contributed by atoms with van der Waals surface area (Å²) in [5.41, 5.74) is 2.39. The van der Waals surface area contributed by atoms with Gasteiger partial charge in [-0.15, -0.1) is 0 Å². The molecular formula is C20H30N4O3. The van der Waals surface area contributed by atoms with Crippen molar-refractivity contribution in [1.82, 2.24) is 19.6 Å². The number of rotatable bonds is 8. The van der Waals surface area contributed by atoms with E-state index in [0.717, 1.165) is 56.2 Å². The molecule has 148 valence electrons. The summed E-state index contributed by atoms with van der Waals surface area (Å²) in [4.78, 5) is 4.89. The second kappa shape index (κ2) is 9.21. The average Bonchev–Trinajstić information content (AvgIpc) is 3.08. The van der Waals surface area contributed by atoms with Crippen LogP contribution in [0.5, 0.6) is 11.5 Å². The molecule has 0 saturated carbocycles. The number of hydrogen-bond acceptors (Lipinski definition) is 6. The number of aliphatic hydroxyl groups is 1. The van der Waals surface area contributed by atoms with Gasteiger partial charge in [0.1, 0.15) is 11.5 Å². The van der Waals surface area contributed by atoms with E-state index in [1.807, 2.05) is 24.0 Å². The Bertz CT molecular complexity index is 712. The summed E-state index contributed by atoms with van der Waals surface area (Å²) in [6, 6.07) is 6.32. The molecule has 1 saturated heterocycles. The molecule has 1 N–H and O–H groups in total. The molecule has 1 aromatic carbocycles. The molecule has 0 aliphatic carbocycles. The number of nitrogens with zero attached hydrogens (tertiary/aromatic N) is 4. The Morgan fingerprint density at radius 2 is 1.81 bits per heavy atom. The van der Waals surface area contributed by atoms with E-state index in [0.29, 0.717) is 6.04 Å². The van der Waals surface area contributed by atoms with Gasteiger partial charge < -0.3 is 14.6 Å². The van der Waals surface area contributed by atoms with Gasteiger partial charge in [0.25, 0.3) is 0 Å². The third-order valence-electron chi connectivity index (χ3n) is 5.11. The van der Waals surface area contributed by atoms with Crippen molar-refractivity contribution in [2.24, 2.45) is 7.05 Å². The SMILES string of the molecule is COc1cc(CN2CCN(Cc3cnn(C)c3)CC2CCO)cc(OC)c1. The van der Waals surface area contributed by atoms with Crippen LogP contribution in [0, 0.1) is 0 Å². The summed E-state index contributed by atoms with van der Waals surface area (Å²) in [7, 11) is 5.28. The second-order valence-electron chi connectivity index (χ2n) is 7.11. The quantitative estimate of drug-likeness (QED) is 0.756. The molecule has 1 atom stereocenters. The molecule has 2 heterocycles. The van der Waals surface area contributed by atoms with Crippen LogP contribution < -0.4 is 9.47 Å². The predicted octanol–water partition coefficient (Wildman–Crippen LogP) is 1.51. The lowest BCUT2D eigenvalue weighted by molar-refractivity contribution is 0.0499. The molecule has 7 heteroatoms. The Labute approximate surface area is 161 Å². The lowest BCUT2D eigenvalue weighted by Crippen LogP contribution is -2.52. The van der Waals surface area contributed by atoms with Crippen LogP contribution in [-0.2, 0) is 20.1 Å². The molecule has 0 amide bonds. The van der Waals surface area contributed by atoms with Crippen LogP contribution in [0.2, 0.25) is 0 Å². The van der Waals surface area contributed by atoms with Gasteiger partial charge in [0.2, 0.25) is 0 Å². The zero-order valence-electron chi connectivity index (χ0n) is 16.5. The molecule has 1 unspecified atom stereocenters. The van der Waals surface area contributed by atoms with Crippen LogP contribution in [0.3, 0.4) is 0 Å². The minimum Gasteiger partial charge on any atom is -0.497 e. The normalized spacial score (nSPS) is 18.6. The highest BCUT2D eigenvalue weighted by atomic mass is 16.5. The van der Waals surface area contributed by atoms with Crippen LogP contribution in [0.15, 0.2) is 30.6 Å². The Balaban J connectivity index is 1.67. The van der Waals surface area contributed by atoms with Crippen LogP contribution in [0.25, 0.3) is 0 Å². The highest BCUT2D eigenvalue weighted by Crippen LogP contribution is 2.25. The molecule has 0 bridgehead atoms. The first-order chi connectivity index (χ1) is 13.1. The first kappa shape index (κ1) is 19.7. The monoisotopic (exact) mass is 374 g/mol. The van der Waals surface area contributed by atoms with E-state index >= 15 is 0 Å². The Morgan fingerprint density at radius 1 is 1.07 bits per heavy atom. The van der Waals surface area contributed by atoms with E-state index in [1.54, 1.807) is 14.2 Å². The first-order valence-corrected chi connectivity index (χ1v) is 9.38. The number of methoxy groups -OCH3 is 2. The van der Waals surface area contributed by atoms with Crippen molar-refractivity contribution < 1.29 is 14.6 Å². The largest absolute Gasteiger partial charge is 0.497 e. The first-order valence-electron chi connectivity index (χ1n) is 9.38. The number of aliphatic hydroxyl groups excluding tert-OH is 1. The van der Waals surface area contributed by atoms with Gasteiger partial charge in [-0.1, -0.05) is 0 Å². The van der Waals surface area contributed by atoms with Crippen molar-refractivity contribution in [1.29, 1.82) is 0 Å². The lowest BCUT2D eigenvalue weighted by atomic mass is 10.1. The minimum absolute atomic E-state index is 0.198. The van der Waals surface area contributed by atoms with E-state index in [9.17, 15) is 5.11 Å². The summed E-state index contributed by atoms with van der Waals surface area (Å²) >= 11 is 0. The van der Waals surface area contributed by atoms with E-state index in [1.165, 1.54) is 5.56 Å². The topological polar surface area (TPSA) is 63.0 Å². The Kier molecular flexibility index (Phi) is 6.71. The van der Waals surface area contributed by atoms with Gasteiger partial charge in [-0.3, -0.25) is 14.5 Å². The summed E-state index contributed by atoms with van der Waals surface area (Å²) in [6.07, 6.45) is 4.76. The number of ether oxygens (including phenoxy) is 2. The molecule has 7 nitrogen and oxygen atoms in total. The molecule has 0 spiro atoms. The molecule has 3 rings (SSSR count). The smallest absolute Gasteiger partial charge is 0.122 e. The maximum absolute atomic E-state index is 9.55. The lowest BCUT2D eigenvalue weighted by Gasteiger charge is -2.41. The van der Waals surface area contributed by atoms with Crippen LogP contribution >= 0.6 is 0 Å². The number of aromatic nitrogens is 2. The molecular weight excluding hydrogens is 344 g/mol. The van der Waals surface area contributed by atoms with Crippen LogP contribution in [0.4, 0.5) is 0 Å². The summed E-state index contributed by atoms with van der Waals surface area (Å²) in [5, 5.41) is 13.8. The maximum Gasteiger partial charge on any atom is 0.122 e. The van der Waals surface area contributed by atoms with E-state index < -0.39 is 0 Å². The number of hydrogen-bond donors (Lipinski definition) is 1. The molecule has 27 heavy (non-hydrogen) atoms. The number of piperazine rings is 1. The summed E-state index contributed by atoms with van der Waals surface area (Å²) in [6.45, 7) is 4.82. The third-order valence-corrected chi connectivity index (χ3v) is 5.11. The molecule has 2 aromatic rings. The van der Waals surface area contributed by atoms with Crippen molar-refractivity contribution in [2.45, 2.75) is 25.6 Å². The maximum atomic E-state index is 9.55. The van der Waals surface area contributed by atoms with Gasteiger partial charge in [-0.25, -0.2) is 0 Å². The van der Waals surface area contributed by atoms with E-state index in [2.05, 4.69) is 33.2 Å². The molecule has 1 aliphatic heterocycles. The standard InChI is InChI=1S/C20H30N4O3/c1-22-12-17(11-21-22)13-23-5-6-24(18(15-23)4-7-25)14-16-8-19(26-2)10-20(9-16)27-3/h8-12,18,25H,4-7,13-15H2,1-3H3. The van der Waals surface area contributed by atoms with Gasteiger partial charge >= 0.3 is 0 Å². The van der Waals surface area contributed by atoms with Crippen molar-refractivity contribution in [3.63, 3.8) is 0 Å². The zero-order valence-corrected chi connectivity index (χ0v) is 16.5. The zero-order chi connectivity index (χ0) is 19.2. The number of benzene rings is 1. The van der Waals surface area contributed by atoms with Gasteiger partial charge in [0.05, 0.1) is 20.4 Å². The van der Waals surface area contributed by atoms with Gasteiger partial charge in [-0.05, 0) is 24.1 Å². The second-order valence-corrected chi connectivity index (χ2v) is 7.11. The van der Waals surface area contributed by atoms with Gasteiger partial charge in [0, 0.05) is 70.2 Å². The van der Waals surface area contributed by atoms with Crippen LogP contribution in [-0.4, -0.2) is 71.2 Å². The average molecular weight is 374 g/mol. The fourth-order valence-electron chi connectivity index (χ4n) is 3.74. The van der Waals surface area contributed by atoms with Gasteiger partial charge in [0.15, 0.2) is 0 Å². The summed E-state index contributed by atoms with van der Waals surface area (Å²) < 4.78 is 12.6. The molecule has 1 aliphatic rings. The predicted molar refractivity (Wildman–Crippen MR) is 104 cm³/mol. The van der Waals surface area contributed by atoms with Crippen molar-refractivity contribution in [3.05, 3.63) is 41.7 Å². The van der Waals surface area contributed by atoms with Crippen molar-refractivity contribution >= 4 is 0 Å². The van der Waals surface area contributed by atoms with E-state index in [4.69, 9.17) is 9.47 Å². The molecule has 1 fully saturated rings. The van der Waals surface area contributed by atoms with E-state index in [-0.39, 0.29) is 6.61 Å². The highest BCUT2D eigenvalue weighted by Gasteiger charge is 2.27. The Hall–Kier alpha value is -2.09. The third kappa shape index (κ3) is 5.22. The van der Waals surface area contributed by atoms with Crippen molar-refractivity contribution in [2.75, 3.05) is 40.5 Å².